The summed E-state index contributed by atoms with van der Waals surface area (Å²) in [4.78, 5) is 10.8. The van der Waals surface area contributed by atoms with Gasteiger partial charge in [-0.15, -0.1) is 11.3 Å². The number of aliphatic imine (C=N–C) groups is 1. The number of allylic oxidation sites excluding steroid dienone is 2. The molecule has 1 saturated carbocycles. The molecule has 5 rings (SSSR count). The minimum absolute atomic E-state index is 0.421. The maximum atomic E-state index is 6.83. The Morgan fingerprint density at radius 2 is 1.74 bits per heavy atom. The van der Waals surface area contributed by atoms with Crippen molar-refractivity contribution >= 4 is 34.1 Å². The quantitative estimate of drug-likeness (QED) is 0.202. The molecule has 4 nitrogen and oxygen atoms in total. The number of thiazole rings is 1. The van der Waals surface area contributed by atoms with Crippen molar-refractivity contribution in [3.63, 3.8) is 0 Å². The van der Waals surface area contributed by atoms with Gasteiger partial charge in [-0.25, -0.2) is 9.98 Å². The minimum atomic E-state index is 0.421. The zero-order valence-corrected chi connectivity index (χ0v) is 21.3. The molecule has 1 aromatic heterocycles. The Balaban J connectivity index is 1.63. The van der Waals surface area contributed by atoms with Gasteiger partial charge in [0, 0.05) is 33.5 Å². The SMILES string of the molecule is Cc1csc(N=C(C(Cc2ccc(SN)cc2)=C(N)C2CC2)c2cccc(-c3ccccc3)c2)n1. The number of hydrogen-bond acceptors (Lipinski definition) is 6. The van der Waals surface area contributed by atoms with Crippen LogP contribution in [0.5, 0.6) is 0 Å². The first-order valence-electron chi connectivity index (χ1n) is 11.7. The zero-order chi connectivity index (χ0) is 24.2. The second-order valence-corrected chi connectivity index (χ2v) is 10.4. The summed E-state index contributed by atoms with van der Waals surface area (Å²) in [5.74, 6) is 0.421. The lowest BCUT2D eigenvalue weighted by Crippen LogP contribution is -2.16. The van der Waals surface area contributed by atoms with E-state index in [9.17, 15) is 0 Å². The van der Waals surface area contributed by atoms with E-state index in [0.717, 1.165) is 56.7 Å². The van der Waals surface area contributed by atoms with Crippen LogP contribution in [-0.2, 0) is 6.42 Å². The highest BCUT2D eigenvalue weighted by Gasteiger charge is 2.29. The third-order valence-corrected chi connectivity index (χ3v) is 7.55. The number of nitrogens with two attached hydrogens (primary N) is 2. The van der Waals surface area contributed by atoms with E-state index in [1.807, 2.05) is 18.4 Å². The third-order valence-electron chi connectivity index (χ3n) is 6.15. The van der Waals surface area contributed by atoms with Crippen molar-refractivity contribution in [2.45, 2.75) is 31.1 Å². The molecule has 1 fully saturated rings. The lowest BCUT2D eigenvalue weighted by atomic mass is 9.91. The van der Waals surface area contributed by atoms with Gasteiger partial charge in [-0.1, -0.05) is 60.7 Å². The maximum absolute atomic E-state index is 6.83. The standard InChI is InChI=1S/C29H28N4S2/c1-19-18-34-29(32-19)33-28(24-9-5-8-23(17-24)21-6-3-2-4-7-21)26(27(30)22-12-13-22)16-20-10-14-25(35-31)15-11-20/h2-11,14-15,17-18,22H,12-13,16,30-31H2,1H3. The molecule has 0 bridgehead atoms. The normalized spacial score (nSPS) is 14.6. The molecule has 4 aromatic rings. The molecule has 0 atom stereocenters. The highest BCUT2D eigenvalue weighted by Crippen LogP contribution is 2.37. The van der Waals surface area contributed by atoms with E-state index in [4.69, 9.17) is 15.9 Å². The van der Waals surface area contributed by atoms with Crippen molar-refractivity contribution in [3.05, 3.63) is 112 Å². The van der Waals surface area contributed by atoms with E-state index in [1.165, 1.54) is 23.1 Å². The van der Waals surface area contributed by atoms with Gasteiger partial charge >= 0.3 is 0 Å². The molecule has 4 N–H and O–H groups in total. The van der Waals surface area contributed by atoms with E-state index in [-0.39, 0.29) is 0 Å². The summed E-state index contributed by atoms with van der Waals surface area (Å²) in [5.41, 5.74) is 15.3. The van der Waals surface area contributed by atoms with Crippen LogP contribution in [0.25, 0.3) is 11.1 Å². The van der Waals surface area contributed by atoms with Crippen molar-refractivity contribution in [2.24, 2.45) is 21.8 Å². The van der Waals surface area contributed by atoms with Crippen molar-refractivity contribution in [1.29, 1.82) is 0 Å². The van der Waals surface area contributed by atoms with Gasteiger partial charge in [0.15, 0.2) is 0 Å². The summed E-state index contributed by atoms with van der Waals surface area (Å²) in [6, 6.07) is 27.4. The molecule has 0 unspecified atom stereocenters. The molecule has 1 aliphatic rings. The van der Waals surface area contributed by atoms with Crippen LogP contribution in [0, 0.1) is 12.8 Å². The number of rotatable bonds is 8. The molecule has 1 aliphatic carbocycles. The number of benzene rings is 3. The first-order valence-corrected chi connectivity index (χ1v) is 13.5. The minimum Gasteiger partial charge on any atom is -0.402 e. The first kappa shape index (κ1) is 23.5. The summed E-state index contributed by atoms with van der Waals surface area (Å²) in [6.07, 6.45) is 2.97. The van der Waals surface area contributed by atoms with Crippen molar-refractivity contribution < 1.29 is 0 Å². The fourth-order valence-electron chi connectivity index (χ4n) is 4.12. The second-order valence-electron chi connectivity index (χ2n) is 8.83. The van der Waals surface area contributed by atoms with Crippen LogP contribution in [0.15, 0.2) is 105 Å². The van der Waals surface area contributed by atoms with Crippen LogP contribution in [-0.4, -0.2) is 10.7 Å². The molecule has 176 valence electrons. The van der Waals surface area contributed by atoms with E-state index in [2.05, 4.69) is 77.8 Å². The average Bonchev–Trinajstić information content (AvgIpc) is 3.68. The Hall–Kier alpha value is -3.19. The second kappa shape index (κ2) is 10.6. The van der Waals surface area contributed by atoms with Crippen LogP contribution in [0.1, 0.15) is 29.7 Å². The molecular formula is C29H28N4S2. The van der Waals surface area contributed by atoms with Gasteiger partial charge in [-0.3, -0.25) is 5.14 Å². The van der Waals surface area contributed by atoms with Gasteiger partial charge < -0.3 is 5.73 Å². The van der Waals surface area contributed by atoms with Crippen molar-refractivity contribution in [1.82, 2.24) is 4.98 Å². The molecule has 3 aromatic carbocycles. The molecule has 0 amide bonds. The monoisotopic (exact) mass is 496 g/mol. The molecule has 0 radical (unpaired) electrons. The van der Waals surface area contributed by atoms with E-state index in [1.54, 1.807) is 11.3 Å². The summed E-state index contributed by atoms with van der Waals surface area (Å²) >= 11 is 2.82. The van der Waals surface area contributed by atoms with Crippen molar-refractivity contribution in [3.8, 4) is 11.1 Å². The van der Waals surface area contributed by atoms with Crippen LogP contribution < -0.4 is 10.9 Å². The number of hydrogen-bond donors (Lipinski definition) is 2. The predicted molar refractivity (Wildman–Crippen MR) is 149 cm³/mol. The third kappa shape index (κ3) is 5.73. The Morgan fingerprint density at radius 3 is 2.40 bits per heavy atom. The average molecular weight is 497 g/mol. The molecule has 0 aliphatic heterocycles. The van der Waals surface area contributed by atoms with Crippen LogP contribution >= 0.6 is 23.3 Å². The number of aryl methyl sites for hydroxylation is 1. The molecule has 1 heterocycles. The molecular weight excluding hydrogens is 468 g/mol. The topological polar surface area (TPSA) is 77.3 Å². The Kier molecular flexibility index (Phi) is 7.13. The van der Waals surface area contributed by atoms with Gasteiger partial charge in [0.05, 0.1) is 11.4 Å². The maximum Gasteiger partial charge on any atom is 0.209 e. The zero-order valence-electron chi connectivity index (χ0n) is 19.6. The van der Waals surface area contributed by atoms with E-state index < -0.39 is 0 Å². The van der Waals surface area contributed by atoms with Gasteiger partial charge in [0.25, 0.3) is 0 Å². The van der Waals surface area contributed by atoms with Gasteiger partial charge in [-0.2, -0.15) is 0 Å². The fraction of sp³-hybridized carbons (Fsp3) is 0.172. The molecule has 35 heavy (non-hydrogen) atoms. The predicted octanol–water partition coefficient (Wildman–Crippen LogP) is 7.07. The lowest BCUT2D eigenvalue weighted by Gasteiger charge is -2.17. The lowest BCUT2D eigenvalue weighted by molar-refractivity contribution is 0.945. The van der Waals surface area contributed by atoms with Crippen molar-refractivity contribution in [2.75, 3.05) is 0 Å². The number of nitrogens with zero attached hydrogens (tertiary/aromatic N) is 2. The Labute approximate surface area is 215 Å². The first-order chi connectivity index (χ1) is 17.1. The highest BCUT2D eigenvalue weighted by molar-refractivity contribution is 7.97. The van der Waals surface area contributed by atoms with E-state index in [0.29, 0.717) is 12.3 Å². The summed E-state index contributed by atoms with van der Waals surface area (Å²) in [6.45, 7) is 2.00. The smallest absolute Gasteiger partial charge is 0.209 e. The summed E-state index contributed by atoms with van der Waals surface area (Å²) in [7, 11) is 0. The molecule has 0 saturated heterocycles. The largest absolute Gasteiger partial charge is 0.402 e. The van der Waals surface area contributed by atoms with Gasteiger partial charge in [0.2, 0.25) is 5.13 Å². The van der Waals surface area contributed by atoms with Gasteiger partial charge in [-0.05, 0) is 72.5 Å². The molecule has 6 heteroatoms. The van der Waals surface area contributed by atoms with Gasteiger partial charge in [0.1, 0.15) is 0 Å². The summed E-state index contributed by atoms with van der Waals surface area (Å²) < 4.78 is 0. The van der Waals surface area contributed by atoms with Crippen LogP contribution in [0.2, 0.25) is 0 Å². The van der Waals surface area contributed by atoms with Crippen LogP contribution in [0.4, 0.5) is 5.13 Å². The Bertz CT molecular complexity index is 1370. The summed E-state index contributed by atoms with van der Waals surface area (Å²) in [5, 5.41) is 8.52. The molecule has 0 spiro atoms. The fourth-order valence-corrected chi connectivity index (χ4v) is 5.09. The van der Waals surface area contributed by atoms with Crippen LogP contribution in [0.3, 0.4) is 0 Å². The van der Waals surface area contributed by atoms with E-state index >= 15 is 0 Å². The Morgan fingerprint density at radius 1 is 1.00 bits per heavy atom. The highest BCUT2D eigenvalue weighted by atomic mass is 32.2. The number of aromatic nitrogens is 1.